The van der Waals surface area contributed by atoms with Crippen LogP contribution in [0.3, 0.4) is 0 Å². The van der Waals surface area contributed by atoms with Gasteiger partial charge < -0.3 is 4.74 Å². The fraction of sp³-hybridized carbons (Fsp3) is 0.571. The van der Waals surface area contributed by atoms with Gasteiger partial charge in [-0.2, -0.15) is 5.10 Å². The molecule has 3 heterocycles. The molecule has 19 heavy (non-hydrogen) atoms. The summed E-state index contributed by atoms with van der Waals surface area (Å²) in [7, 11) is 0. The number of alkyl halides is 1. The number of pyridine rings is 1. The Balaban J connectivity index is 1.89. The number of hydrogen-bond acceptors (Lipinski definition) is 4. The lowest BCUT2D eigenvalue weighted by atomic mass is 9.89. The zero-order valence-electron chi connectivity index (χ0n) is 11.0. The van der Waals surface area contributed by atoms with E-state index < -0.39 is 0 Å². The van der Waals surface area contributed by atoms with Crippen molar-refractivity contribution in [2.75, 3.05) is 6.61 Å². The van der Waals surface area contributed by atoms with Crippen LogP contribution in [0, 0.1) is 6.92 Å². The summed E-state index contributed by atoms with van der Waals surface area (Å²) in [4.78, 5) is 4.64. The van der Waals surface area contributed by atoms with Crippen LogP contribution >= 0.6 is 22.6 Å². The molecule has 1 aromatic heterocycles. The number of aryl methyl sites for hydroxylation is 1. The molecule has 4 nitrogen and oxygen atoms in total. The first kappa shape index (κ1) is 13.3. The van der Waals surface area contributed by atoms with E-state index in [2.05, 4.69) is 50.2 Å². The highest BCUT2D eigenvalue weighted by atomic mass is 127. The molecule has 3 unspecified atom stereocenters. The molecule has 0 aromatic carbocycles. The summed E-state index contributed by atoms with van der Waals surface area (Å²) >= 11 is 2.48. The van der Waals surface area contributed by atoms with Crippen molar-refractivity contribution in [1.82, 2.24) is 10.4 Å². The van der Waals surface area contributed by atoms with Gasteiger partial charge >= 0.3 is 0 Å². The summed E-state index contributed by atoms with van der Waals surface area (Å²) in [5.74, 6) is 0. The van der Waals surface area contributed by atoms with Crippen LogP contribution in [0.25, 0.3) is 0 Å². The molecule has 3 atom stereocenters. The van der Waals surface area contributed by atoms with E-state index in [1.807, 2.05) is 19.2 Å². The first-order valence-corrected chi connectivity index (χ1v) is 7.82. The maximum absolute atomic E-state index is 5.98. The largest absolute Gasteiger partial charge is 0.376 e. The monoisotopic (exact) mass is 371 g/mol. The Morgan fingerprint density at radius 3 is 3.05 bits per heavy atom. The number of nitrogens with zero attached hydrogens (tertiary/aromatic N) is 2. The maximum Gasteiger partial charge on any atom is 0.112 e. The van der Waals surface area contributed by atoms with Crippen molar-refractivity contribution in [3.05, 3.63) is 29.6 Å². The Hall–Kier alpha value is -0.690. The third kappa shape index (κ3) is 2.50. The third-order valence-electron chi connectivity index (χ3n) is 3.79. The van der Waals surface area contributed by atoms with Crippen LogP contribution in [0.1, 0.15) is 36.7 Å². The molecule has 0 spiro atoms. The molecule has 1 saturated heterocycles. The molecule has 0 aliphatic carbocycles. The van der Waals surface area contributed by atoms with E-state index in [0.29, 0.717) is 0 Å². The number of nitrogens with one attached hydrogen (secondary N) is 1. The highest BCUT2D eigenvalue weighted by molar-refractivity contribution is 14.1. The van der Waals surface area contributed by atoms with Gasteiger partial charge in [-0.1, -0.05) is 28.7 Å². The van der Waals surface area contributed by atoms with Gasteiger partial charge in [0, 0.05) is 18.5 Å². The van der Waals surface area contributed by atoms with E-state index >= 15 is 0 Å². The van der Waals surface area contributed by atoms with Crippen molar-refractivity contribution in [3.63, 3.8) is 0 Å². The molecule has 0 saturated carbocycles. The molecule has 2 aliphatic rings. The molecule has 1 N–H and O–H groups in total. The molecule has 2 aliphatic heterocycles. The number of rotatable bonds is 2. The second-order valence-corrected chi connectivity index (χ2v) is 7.08. The standard InChI is InChI=1S/C14H18IN3O/c1-10-5-4-6-11(17-10)13-14(15,9-16-18-13)12-7-2-3-8-19-12/h4-6,9,12-13,18H,2-3,7-8H2,1H3. The Kier molecular flexibility index (Phi) is 3.75. The first-order valence-electron chi connectivity index (χ1n) is 6.74. The van der Waals surface area contributed by atoms with Crippen LogP contribution in [0.2, 0.25) is 0 Å². The van der Waals surface area contributed by atoms with Crippen LogP contribution in [0.15, 0.2) is 23.3 Å². The van der Waals surface area contributed by atoms with Gasteiger partial charge in [-0.25, -0.2) is 0 Å². The summed E-state index contributed by atoms with van der Waals surface area (Å²) in [6, 6.07) is 6.23. The second kappa shape index (κ2) is 5.36. The van der Waals surface area contributed by atoms with Crippen LogP contribution in [-0.4, -0.2) is 27.3 Å². The van der Waals surface area contributed by atoms with Crippen LogP contribution < -0.4 is 5.43 Å². The molecular weight excluding hydrogens is 353 g/mol. The fourth-order valence-electron chi connectivity index (χ4n) is 2.76. The molecule has 0 radical (unpaired) electrons. The second-order valence-electron chi connectivity index (χ2n) is 5.21. The highest BCUT2D eigenvalue weighted by Crippen LogP contribution is 2.42. The number of hydrazone groups is 1. The summed E-state index contributed by atoms with van der Waals surface area (Å²) in [5, 5.41) is 4.30. The molecule has 0 bridgehead atoms. The van der Waals surface area contributed by atoms with E-state index in [9.17, 15) is 0 Å². The van der Waals surface area contributed by atoms with Gasteiger partial charge in [-0.15, -0.1) is 0 Å². The SMILES string of the molecule is Cc1cccc(C2NN=CC2(I)C2CCCCO2)n1. The Morgan fingerprint density at radius 1 is 1.42 bits per heavy atom. The van der Waals surface area contributed by atoms with Gasteiger partial charge in [0.2, 0.25) is 0 Å². The topological polar surface area (TPSA) is 46.5 Å². The zero-order chi connectivity index (χ0) is 13.3. The summed E-state index contributed by atoms with van der Waals surface area (Å²) < 4.78 is 5.84. The molecule has 5 heteroatoms. The molecule has 1 aromatic rings. The first-order chi connectivity index (χ1) is 9.20. The van der Waals surface area contributed by atoms with E-state index in [1.165, 1.54) is 12.8 Å². The summed E-state index contributed by atoms with van der Waals surface area (Å²) in [6.45, 7) is 2.88. The van der Waals surface area contributed by atoms with Crippen molar-refractivity contribution in [2.45, 2.75) is 41.8 Å². The smallest absolute Gasteiger partial charge is 0.112 e. The molecule has 102 valence electrons. The van der Waals surface area contributed by atoms with E-state index in [0.717, 1.165) is 24.4 Å². The lowest BCUT2D eigenvalue weighted by Crippen LogP contribution is -2.46. The van der Waals surface area contributed by atoms with Gasteiger partial charge in [0.1, 0.15) is 9.46 Å². The van der Waals surface area contributed by atoms with Gasteiger partial charge in [-0.3, -0.25) is 10.4 Å². The molecule has 3 rings (SSSR count). The van der Waals surface area contributed by atoms with E-state index in [1.54, 1.807) is 0 Å². The minimum Gasteiger partial charge on any atom is -0.376 e. The van der Waals surface area contributed by atoms with Crippen LogP contribution in [0.4, 0.5) is 0 Å². The number of hydrogen-bond donors (Lipinski definition) is 1. The summed E-state index contributed by atoms with van der Waals surface area (Å²) in [6.07, 6.45) is 5.71. The normalized spacial score (nSPS) is 34.2. The summed E-state index contributed by atoms with van der Waals surface area (Å²) in [5.41, 5.74) is 5.29. The molecular formula is C14H18IN3O. The predicted molar refractivity (Wildman–Crippen MR) is 83.7 cm³/mol. The lowest BCUT2D eigenvalue weighted by Gasteiger charge is -2.36. The Morgan fingerprint density at radius 2 is 2.32 bits per heavy atom. The average molecular weight is 371 g/mol. The van der Waals surface area contributed by atoms with Crippen molar-refractivity contribution >= 4 is 28.8 Å². The quantitative estimate of drug-likeness (QED) is 0.643. The molecule has 0 amide bonds. The van der Waals surface area contributed by atoms with Crippen molar-refractivity contribution in [3.8, 4) is 0 Å². The maximum atomic E-state index is 5.98. The Bertz CT molecular complexity index is 487. The lowest BCUT2D eigenvalue weighted by molar-refractivity contribution is 0.00417. The minimum absolute atomic E-state index is 0.0936. The third-order valence-corrected chi connectivity index (χ3v) is 5.38. The zero-order valence-corrected chi connectivity index (χ0v) is 13.1. The van der Waals surface area contributed by atoms with Gasteiger partial charge in [0.25, 0.3) is 0 Å². The van der Waals surface area contributed by atoms with Crippen molar-refractivity contribution in [2.24, 2.45) is 5.10 Å². The highest BCUT2D eigenvalue weighted by Gasteiger charge is 2.48. The van der Waals surface area contributed by atoms with Gasteiger partial charge in [-0.05, 0) is 38.3 Å². The van der Waals surface area contributed by atoms with E-state index in [-0.39, 0.29) is 15.6 Å². The van der Waals surface area contributed by atoms with Crippen LogP contribution in [0.5, 0.6) is 0 Å². The Labute approximate surface area is 127 Å². The minimum atomic E-state index is -0.140. The number of halogens is 1. The van der Waals surface area contributed by atoms with Gasteiger partial charge in [0.15, 0.2) is 0 Å². The fourth-order valence-corrected chi connectivity index (χ4v) is 3.85. The number of ether oxygens (including phenoxy) is 1. The van der Waals surface area contributed by atoms with Crippen molar-refractivity contribution in [1.29, 1.82) is 0 Å². The van der Waals surface area contributed by atoms with E-state index in [4.69, 9.17) is 4.74 Å². The van der Waals surface area contributed by atoms with Crippen molar-refractivity contribution < 1.29 is 4.74 Å². The average Bonchev–Trinajstić information content (AvgIpc) is 2.83. The number of aromatic nitrogens is 1. The predicted octanol–water partition coefficient (Wildman–Crippen LogP) is 2.76. The molecule has 1 fully saturated rings. The van der Waals surface area contributed by atoms with Gasteiger partial charge in [0.05, 0.1) is 11.8 Å². The van der Waals surface area contributed by atoms with Crippen LogP contribution in [-0.2, 0) is 4.74 Å².